The minimum atomic E-state index is -0.902. The van der Waals surface area contributed by atoms with Crippen molar-refractivity contribution in [3.63, 3.8) is 0 Å². The van der Waals surface area contributed by atoms with Gasteiger partial charge in [0, 0.05) is 41.4 Å². The number of hydrogen-bond acceptors (Lipinski definition) is 8. The standard InChI is InChI=1S/C48H46N8O6/c1-61-47(59)52-41(31-11-5-3-6-12-31)45(57)55-23-9-15-39(55)34-22-21-33-25-36(50-37(33)26-34)30-19-17-29(18-20-30)35-27-38-43(49-28-35)54-44(51-38)40-16-10-24-56(40)46(58)42(53-48(60)62-2)32-13-7-4-8-14-32/h3-8,11-14,17-22,25-28,39-42,50H,9-10,15-16,23-24H2,1-2H3,(H,52,59)(H,53,60)(H,49,51,54)/t39?,40-,41+,42+/m0/s1. The second kappa shape index (κ2) is 17.2. The number of hydrogen-bond donors (Lipinski definition) is 4. The Hall–Kier alpha value is -7.48. The van der Waals surface area contributed by atoms with Crippen LogP contribution >= 0.6 is 0 Å². The molecule has 14 heteroatoms. The number of nitrogens with one attached hydrogen (secondary N) is 4. The van der Waals surface area contributed by atoms with E-state index in [-0.39, 0.29) is 23.9 Å². The SMILES string of the molecule is COC(=O)N[C@@H](C(=O)N1CCCC1c1ccc2cc(-c3ccc(-c4cnc5nc([C@@H]6CCCN6C(=O)[C@H](NC(=O)OC)c6ccccc6)[nH]c5c4)cc3)[nH]c2c1)c1ccccc1. The van der Waals surface area contributed by atoms with E-state index in [0.29, 0.717) is 35.7 Å². The highest BCUT2D eigenvalue weighted by molar-refractivity contribution is 5.90. The number of carbonyl (C=O) groups is 4. The predicted molar refractivity (Wildman–Crippen MR) is 233 cm³/mol. The summed E-state index contributed by atoms with van der Waals surface area (Å²) in [7, 11) is 2.57. The number of carbonyl (C=O) groups excluding carboxylic acids is 4. The van der Waals surface area contributed by atoms with E-state index in [1.807, 2.05) is 71.6 Å². The minimum Gasteiger partial charge on any atom is -0.453 e. The lowest BCUT2D eigenvalue weighted by Gasteiger charge is -2.29. The van der Waals surface area contributed by atoms with Crippen molar-refractivity contribution in [2.75, 3.05) is 27.3 Å². The summed E-state index contributed by atoms with van der Waals surface area (Å²) < 4.78 is 9.70. The number of imidazole rings is 1. The molecule has 2 fully saturated rings. The van der Waals surface area contributed by atoms with E-state index >= 15 is 0 Å². The first-order chi connectivity index (χ1) is 30.3. The lowest BCUT2D eigenvalue weighted by molar-refractivity contribution is -0.135. The molecule has 14 nitrogen and oxygen atoms in total. The molecule has 0 aliphatic carbocycles. The van der Waals surface area contributed by atoms with Crippen LogP contribution in [-0.4, -0.2) is 81.0 Å². The van der Waals surface area contributed by atoms with Gasteiger partial charge < -0.3 is 39.9 Å². The van der Waals surface area contributed by atoms with Gasteiger partial charge in [-0.1, -0.05) is 97.1 Å². The molecule has 2 aliphatic heterocycles. The summed E-state index contributed by atoms with van der Waals surface area (Å²) in [6.45, 7) is 1.12. The summed E-state index contributed by atoms with van der Waals surface area (Å²) in [5.41, 5.74) is 8.56. The number of benzene rings is 4. The van der Waals surface area contributed by atoms with Crippen LogP contribution in [0.25, 0.3) is 44.5 Å². The van der Waals surface area contributed by atoms with Gasteiger partial charge in [-0.2, -0.15) is 0 Å². The van der Waals surface area contributed by atoms with Crippen molar-refractivity contribution in [3.05, 3.63) is 144 Å². The monoisotopic (exact) mass is 830 g/mol. The third-order valence-corrected chi connectivity index (χ3v) is 12.0. The molecule has 4 N–H and O–H groups in total. The molecule has 4 aromatic carbocycles. The quantitative estimate of drug-likeness (QED) is 0.107. The van der Waals surface area contributed by atoms with E-state index in [0.717, 1.165) is 70.1 Å². The van der Waals surface area contributed by atoms with Crippen molar-refractivity contribution in [2.45, 2.75) is 49.9 Å². The summed E-state index contributed by atoms with van der Waals surface area (Å²) in [5.74, 6) is 0.247. The van der Waals surface area contributed by atoms with E-state index in [4.69, 9.17) is 14.5 Å². The molecule has 1 unspecified atom stereocenters. The number of ether oxygens (including phenoxy) is 2. The third-order valence-electron chi connectivity index (χ3n) is 12.0. The smallest absolute Gasteiger partial charge is 0.407 e. The lowest BCUT2D eigenvalue weighted by atomic mass is 10.0. The Kier molecular flexibility index (Phi) is 11.1. The van der Waals surface area contributed by atoms with Crippen LogP contribution in [0.4, 0.5) is 9.59 Å². The number of aromatic amines is 2. The number of aromatic nitrogens is 4. The normalized spacial score (nSPS) is 17.2. The van der Waals surface area contributed by atoms with Crippen molar-refractivity contribution >= 4 is 46.1 Å². The average molecular weight is 831 g/mol. The second-order valence-electron chi connectivity index (χ2n) is 15.7. The number of likely N-dealkylation sites (tertiary alicyclic amines) is 2. The van der Waals surface area contributed by atoms with Crippen LogP contribution < -0.4 is 10.6 Å². The molecule has 0 radical (unpaired) electrons. The van der Waals surface area contributed by atoms with E-state index in [9.17, 15) is 19.2 Å². The van der Waals surface area contributed by atoms with E-state index < -0.39 is 24.3 Å². The molecule has 0 saturated carbocycles. The molecule has 4 amide bonds. The number of amides is 4. The molecule has 7 aromatic rings. The fraction of sp³-hybridized carbons (Fsp3) is 0.250. The summed E-state index contributed by atoms with van der Waals surface area (Å²) >= 11 is 0. The Bertz CT molecular complexity index is 2640. The Morgan fingerprint density at radius 3 is 1.84 bits per heavy atom. The highest BCUT2D eigenvalue weighted by atomic mass is 16.5. The van der Waals surface area contributed by atoms with Crippen molar-refractivity contribution in [3.8, 4) is 22.4 Å². The number of methoxy groups -OCH3 is 2. The van der Waals surface area contributed by atoms with Gasteiger partial charge in [0.1, 0.15) is 17.9 Å². The number of nitrogens with zero attached hydrogens (tertiary/aromatic N) is 4. The van der Waals surface area contributed by atoms with Crippen molar-refractivity contribution in [1.82, 2.24) is 40.4 Å². The van der Waals surface area contributed by atoms with Crippen LogP contribution in [-0.2, 0) is 19.1 Å². The number of H-pyrrole nitrogens is 2. The van der Waals surface area contributed by atoms with Crippen LogP contribution in [0.1, 0.15) is 72.4 Å². The fourth-order valence-electron chi connectivity index (χ4n) is 8.83. The van der Waals surface area contributed by atoms with Gasteiger partial charge >= 0.3 is 12.2 Å². The van der Waals surface area contributed by atoms with Gasteiger partial charge in [0.05, 0.1) is 31.8 Å². The number of fused-ring (bicyclic) bond motifs is 2. The van der Waals surface area contributed by atoms with Gasteiger partial charge in [0.15, 0.2) is 5.65 Å². The summed E-state index contributed by atoms with van der Waals surface area (Å²) in [6, 6.07) is 34.9. The highest BCUT2D eigenvalue weighted by Gasteiger charge is 2.38. The maximum Gasteiger partial charge on any atom is 0.407 e. The zero-order valence-corrected chi connectivity index (χ0v) is 34.3. The zero-order chi connectivity index (χ0) is 42.7. The van der Waals surface area contributed by atoms with Crippen LogP contribution in [0, 0.1) is 0 Å². The minimum absolute atomic E-state index is 0.137. The molecule has 62 heavy (non-hydrogen) atoms. The Labute approximate surface area is 357 Å². The molecule has 314 valence electrons. The molecular formula is C48H46N8O6. The van der Waals surface area contributed by atoms with Crippen molar-refractivity contribution in [1.29, 1.82) is 0 Å². The lowest BCUT2D eigenvalue weighted by Crippen LogP contribution is -2.42. The predicted octanol–water partition coefficient (Wildman–Crippen LogP) is 8.29. The molecular weight excluding hydrogens is 785 g/mol. The first kappa shape index (κ1) is 40.0. The fourth-order valence-corrected chi connectivity index (χ4v) is 8.83. The highest BCUT2D eigenvalue weighted by Crippen LogP contribution is 2.38. The number of rotatable bonds is 10. The van der Waals surface area contributed by atoms with E-state index in [1.54, 1.807) is 11.1 Å². The first-order valence-electron chi connectivity index (χ1n) is 20.8. The summed E-state index contributed by atoms with van der Waals surface area (Å²) in [5, 5.41) is 6.51. The van der Waals surface area contributed by atoms with Gasteiger partial charge in [0.2, 0.25) is 5.91 Å². The molecule has 2 saturated heterocycles. The van der Waals surface area contributed by atoms with Crippen LogP contribution in [0.2, 0.25) is 0 Å². The zero-order valence-electron chi connectivity index (χ0n) is 34.3. The van der Waals surface area contributed by atoms with E-state index in [1.165, 1.54) is 14.2 Å². The summed E-state index contributed by atoms with van der Waals surface area (Å²) in [6.07, 6.45) is 3.65. The first-order valence-corrected chi connectivity index (χ1v) is 20.8. The summed E-state index contributed by atoms with van der Waals surface area (Å²) in [4.78, 5) is 72.7. The molecule has 5 heterocycles. The Balaban J connectivity index is 0.910. The Morgan fingerprint density at radius 1 is 0.645 bits per heavy atom. The van der Waals surface area contributed by atoms with Crippen LogP contribution in [0.5, 0.6) is 0 Å². The average Bonchev–Trinajstić information content (AvgIpc) is 4.16. The Morgan fingerprint density at radius 2 is 1.23 bits per heavy atom. The van der Waals surface area contributed by atoms with Crippen molar-refractivity contribution < 1.29 is 28.7 Å². The molecule has 2 aliphatic rings. The van der Waals surface area contributed by atoms with Gasteiger partial charge in [-0.25, -0.2) is 19.6 Å². The largest absolute Gasteiger partial charge is 0.453 e. The topological polar surface area (TPSA) is 175 Å². The number of pyridine rings is 1. The maximum absolute atomic E-state index is 14.0. The molecule has 9 rings (SSSR count). The van der Waals surface area contributed by atoms with Gasteiger partial charge in [0.25, 0.3) is 5.91 Å². The van der Waals surface area contributed by atoms with Crippen LogP contribution in [0.15, 0.2) is 121 Å². The van der Waals surface area contributed by atoms with E-state index in [2.05, 4.69) is 74.1 Å². The van der Waals surface area contributed by atoms with Gasteiger partial charge in [-0.15, -0.1) is 0 Å². The molecule has 4 atom stereocenters. The molecule has 0 bridgehead atoms. The van der Waals surface area contributed by atoms with Crippen LogP contribution in [0.3, 0.4) is 0 Å². The number of alkyl carbamates (subject to hydrolysis) is 2. The molecule has 0 spiro atoms. The third kappa shape index (κ3) is 7.94. The second-order valence-corrected chi connectivity index (χ2v) is 15.7. The van der Waals surface area contributed by atoms with Crippen molar-refractivity contribution in [2.24, 2.45) is 0 Å². The van der Waals surface area contributed by atoms with Gasteiger partial charge in [-0.05, 0) is 71.7 Å². The maximum atomic E-state index is 14.0. The molecule has 3 aromatic heterocycles. The van der Waals surface area contributed by atoms with Gasteiger partial charge in [-0.3, -0.25) is 9.59 Å².